The average molecular weight is 408 g/mol. The third-order valence-corrected chi connectivity index (χ3v) is 5.75. The Hall–Kier alpha value is -2.99. The molecule has 1 atom stereocenters. The van der Waals surface area contributed by atoms with Gasteiger partial charge in [0.15, 0.2) is 0 Å². The van der Waals surface area contributed by atoms with Gasteiger partial charge in [0.1, 0.15) is 18.1 Å². The quantitative estimate of drug-likeness (QED) is 0.642. The van der Waals surface area contributed by atoms with Gasteiger partial charge in [-0.05, 0) is 68.7 Å². The molecule has 6 nitrogen and oxygen atoms in total. The lowest BCUT2D eigenvalue weighted by Crippen LogP contribution is -2.25. The minimum Gasteiger partial charge on any atom is -0.497 e. The first-order valence-electron chi connectivity index (χ1n) is 10.4. The fraction of sp³-hybridized carbons (Fsp3) is 0.375. The smallest absolute Gasteiger partial charge is 0.258 e. The van der Waals surface area contributed by atoms with Crippen molar-refractivity contribution in [3.05, 3.63) is 53.7 Å². The van der Waals surface area contributed by atoms with Gasteiger partial charge in [-0.3, -0.25) is 4.79 Å². The molecule has 30 heavy (non-hydrogen) atoms. The van der Waals surface area contributed by atoms with Crippen molar-refractivity contribution in [2.75, 3.05) is 25.6 Å². The Morgan fingerprint density at radius 3 is 2.63 bits per heavy atom. The number of rotatable bonds is 6. The first kappa shape index (κ1) is 20.3. The summed E-state index contributed by atoms with van der Waals surface area (Å²) in [5, 5.41) is 3.88. The van der Waals surface area contributed by atoms with E-state index in [2.05, 4.69) is 5.32 Å². The SMILES string of the molecule is COc1ccc2c(c1)c(C(=O)Nc1ccc(OCC3CCCCO3)cc1)c(C)n2C. The molecule has 4 rings (SSSR count). The topological polar surface area (TPSA) is 61.7 Å². The molecule has 6 heteroatoms. The molecule has 2 aromatic carbocycles. The zero-order chi connectivity index (χ0) is 21.1. The van der Waals surface area contributed by atoms with Crippen molar-refractivity contribution in [2.45, 2.75) is 32.3 Å². The number of hydrogen-bond donors (Lipinski definition) is 1. The number of benzene rings is 2. The molecule has 1 saturated heterocycles. The number of nitrogens with zero attached hydrogens (tertiary/aromatic N) is 1. The number of hydrogen-bond acceptors (Lipinski definition) is 4. The molecular weight excluding hydrogens is 380 g/mol. The van der Waals surface area contributed by atoms with E-state index >= 15 is 0 Å². The normalized spacial score (nSPS) is 16.4. The second-order valence-corrected chi connectivity index (χ2v) is 7.68. The lowest BCUT2D eigenvalue weighted by atomic mass is 10.1. The van der Waals surface area contributed by atoms with Crippen molar-refractivity contribution in [1.29, 1.82) is 0 Å². The van der Waals surface area contributed by atoms with Crippen LogP contribution in [0.25, 0.3) is 10.9 Å². The summed E-state index contributed by atoms with van der Waals surface area (Å²) < 4.78 is 18.9. The molecule has 0 bridgehead atoms. The largest absolute Gasteiger partial charge is 0.497 e. The highest BCUT2D eigenvalue weighted by Gasteiger charge is 2.19. The Balaban J connectivity index is 1.46. The molecule has 158 valence electrons. The second-order valence-electron chi connectivity index (χ2n) is 7.68. The molecule has 0 spiro atoms. The summed E-state index contributed by atoms with van der Waals surface area (Å²) in [6.07, 6.45) is 3.54. The number of carbonyl (C=O) groups is 1. The van der Waals surface area contributed by atoms with E-state index in [1.54, 1.807) is 7.11 Å². The van der Waals surface area contributed by atoms with E-state index in [0.717, 1.165) is 53.2 Å². The van der Waals surface area contributed by atoms with Crippen molar-refractivity contribution in [1.82, 2.24) is 4.57 Å². The Morgan fingerprint density at radius 1 is 1.17 bits per heavy atom. The minimum absolute atomic E-state index is 0.143. The third-order valence-electron chi connectivity index (χ3n) is 5.75. The summed E-state index contributed by atoms with van der Waals surface area (Å²) in [6.45, 7) is 3.33. The summed E-state index contributed by atoms with van der Waals surface area (Å²) in [5.41, 5.74) is 3.28. The predicted octanol–water partition coefficient (Wildman–Crippen LogP) is 4.70. The Kier molecular flexibility index (Phi) is 5.95. The van der Waals surface area contributed by atoms with Gasteiger partial charge in [-0.1, -0.05) is 0 Å². The van der Waals surface area contributed by atoms with Gasteiger partial charge in [0.05, 0.1) is 18.8 Å². The van der Waals surface area contributed by atoms with E-state index in [1.165, 1.54) is 6.42 Å². The van der Waals surface area contributed by atoms with Gasteiger partial charge in [-0.15, -0.1) is 0 Å². The van der Waals surface area contributed by atoms with Crippen molar-refractivity contribution in [3.63, 3.8) is 0 Å². The van der Waals surface area contributed by atoms with E-state index in [0.29, 0.717) is 12.2 Å². The molecule has 1 aliphatic heterocycles. The van der Waals surface area contributed by atoms with E-state index in [-0.39, 0.29) is 12.0 Å². The van der Waals surface area contributed by atoms with Crippen molar-refractivity contribution in [3.8, 4) is 11.5 Å². The number of fused-ring (bicyclic) bond motifs is 1. The van der Waals surface area contributed by atoms with Crippen LogP contribution in [0, 0.1) is 6.92 Å². The summed E-state index contributed by atoms with van der Waals surface area (Å²) in [6, 6.07) is 13.2. The minimum atomic E-state index is -0.143. The van der Waals surface area contributed by atoms with E-state index in [1.807, 2.05) is 61.0 Å². The van der Waals surface area contributed by atoms with Gasteiger partial charge in [-0.2, -0.15) is 0 Å². The van der Waals surface area contributed by atoms with E-state index < -0.39 is 0 Å². The second kappa shape index (κ2) is 8.79. The lowest BCUT2D eigenvalue weighted by Gasteiger charge is -2.22. The van der Waals surface area contributed by atoms with Crippen molar-refractivity contribution in [2.24, 2.45) is 7.05 Å². The van der Waals surface area contributed by atoms with Gasteiger partial charge >= 0.3 is 0 Å². The molecule has 0 saturated carbocycles. The van der Waals surface area contributed by atoms with Crippen LogP contribution in [-0.2, 0) is 11.8 Å². The molecule has 1 fully saturated rings. The molecule has 1 aliphatic rings. The molecule has 0 radical (unpaired) electrons. The molecule has 1 aromatic heterocycles. The maximum Gasteiger partial charge on any atom is 0.258 e. The number of methoxy groups -OCH3 is 1. The van der Waals surface area contributed by atoms with Gasteiger partial charge in [-0.25, -0.2) is 0 Å². The number of amides is 1. The van der Waals surface area contributed by atoms with Crippen LogP contribution in [0.3, 0.4) is 0 Å². The van der Waals surface area contributed by atoms with Gasteiger partial charge in [0, 0.05) is 35.9 Å². The average Bonchev–Trinajstić information content (AvgIpc) is 3.03. The van der Waals surface area contributed by atoms with Gasteiger partial charge < -0.3 is 24.1 Å². The lowest BCUT2D eigenvalue weighted by molar-refractivity contribution is -0.0110. The van der Waals surface area contributed by atoms with Crippen LogP contribution >= 0.6 is 0 Å². The number of anilines is 1. The summed E-state index contributed by atoms with van der Waals surface area (Å²) >= 11 is 0. The summed E-state index contributed by atoms with van der Waals surface area (Å²) in [4.78, 5) is 13.1. The monoisotopic (exact) mass is 408 g/mol. The zero-order valence-corrected chi connectivity index (χ0v) is 17.7. The standard InChI is InChI=1S/C24H28N2O4/c1-16-23(21-14-19(28-3)11-12-22(21)26(16)2)24(27)25-17-7-9-18(10-8-17)30-15-20-6-4-5-13-29-20/h7-12,14,20H,4-6,13,15H2,1-3H3,(H,25,27). The zero-order valence-electron chi connectivity index (χ0n) is 17.7. The first-order valence-corrected chi connectivity index (χ1v) is 10.4. The van der Waals surface area contributed by atoms with Gasteiger partial charge in [0.25, 0.3) is 5.91 Å². The fourth-order valence-electron chi connectivity index (χ4n) is 3.92. The van der Waals surface area contributed by atoms with E-state index in [4.69, 9.17) is 14.2 Å². The maximum absolute atomic E-state index is 13.1. The highest BCUT2D eigenvalue weighted by Crippen LogP contribution is 2.29. The van der Waals surface area contributed by atoms with Crippen molar-refractivity contribution < 1.29 is 19.0 Å². The number of ether oxygens (including phenoxy) is 3. The molecule has 1 unspecified atom stereocenters. The molecule has 0 aliphatic carbocycles. The van der Waals surface area contributed by atoms with Crippen LogP contribution in [-0.4, -0.2) is 36.9 Å². The molecular formula is C24H28N2O4. The maximum atomic E-state index is 13.1. The van der Waals surface area contributed by atoms with Crippen LogP contribution in [0.15, 0.2) is 42.5 Å². The van der Waals surface area contributed by atoms with E-state index in [9.17, 15) is 4.79 Å². The number of aromatic nitrogens is 1. The summed E-state index contributed by atoms with van der Waals surface area (Å²) in [7, 11) is 3.59. The molecule has 1 amide bonds. The Bertz CT molecular complexity index is 1030. The predicted molar refractivity (Wildman–Crippen MR) is 118 cm³/mol. The highest BCUT2D eigenvalue weighted by molar-refractivity contribution is 6.14. The molecule has 3 aromatic rings. The van der Waals surface area contributed by atoms with Crippen molar-refractivity contribution >= 4 is 22.5 Å². The number of aryl methyl sites for hydroxylation is 1. The van der Waals surface area contributed by atoms with Crippen LogP contribution in [0.2, 0.25) is 0 Å². The first-order chi connectivity index (χ1) is 14.6. The highest BCUT2D eigenvalue weighted by atomic mass is 16.5. The number of nitrogens with one attached hydrogen (secondary N) is 1. The van der Waals surface area contributed by atoms with Gasteiger partial charge in [0.2, 0.25) is 0 Å². The Morgan fingerprint density at radius 2 is 1.93 bits per heavy atom. The van der Waals surface area contributed by atoms with Crippen LogP contribution in [0.5, 0.6) is 11.5 Å². The van der Waals surface area contributed by atoms with Crippen LogP contribution in [0.1, 0.15) is 35.3 Å². The van der Waals surface area contributed by atoms with Crippen LogP contribution < -0.4 is 14.8 Å². The van der Waals surface area contributed by atoms with Crippen LogP contribution in [0.4, 0.5) is 5.69 Å². The molecule has 2 heterocycles. The number of carbonyl (C=O) groups excluding carboxylic acids is 1. The Labute approximate surface area is 176 Å². The summed E-state index contributed by atoms with van der Waals surface area (Å²) in [5.74, 6) is 1.36. The third kappa shape index (κ3) is 4.14. The molecule has 1 N–H and O–H groups in total. The fourth-order valence-corrected chi connectivity index (χ4v) is 3.92.